The van der Waals surface area contributed by atoms with Gasteiger partial charge in [-0.3, -0.25) is 0 Å². The van der Waals surface area contributed by atoms with Crippen LogP contribution in [0.1, 0.15) is 31.3 Å². The van der Waals surface area contributed by atoms with Gasteiger partial charge in [0.05, 0.1) is 5.02 Å². The van der Waals surface area contributed by atoms with Crippen molar-refractivity contribution < 1.29 is 13.9 Å². The Morgan fingerprint density at radius 1 is 1.33 bits per heavy atom. The molecule has 1 aromatic heterocycles. The quantitative estimate of drug-likeness (QED) is 0.798. The molecule has 1 N–H and O–H groups in total. The Bertz CT molecular complexity index is 574. The highest BCUT2D eigenvalue weighted by molar-refractivity contribution is 6.31. The monoisotopic (exact) mass is 269 g/mol. The van der Waals surface area contributed by atoms with Crippen LogP contribution in [0.3, 0.4) is 0 Å². The summed E-state index contributed by atoms with van der Waals surface area (Å²) < 4.78 is 18.5. The number of nitrogens with one attached hydrogen (secondary N) is 1. The van der Waals surface area contributed by atoms with E-state index in [9.17, 15) is 9.18 Å². The van der Waals surface area contributed by atoms with Gasteiger partial charge >= 0.3 is 5.97 Å². The van der Waals surface area contributed by atoms with Crippen LogP contribution >= 0.6 is 11.6 Å². The maximum Gasteiger partial charge on any atom is 0.355 e. The molecule has 18 heavy (non-hydrogen) atoms. The predicted octanol–water partition coefficient (Wildman–Crippen LogP) is 3.92. The van der Waals surface area contributed by atoms with Crippen LogP contribution in [0.5, 0.6) is 0 Å². The minimum absolute atomic E-state index is 0.0252. The van der Waals surface area contributed by atoms with Crippen LogP contribution in [-0.2, 0) is 4.74 Å². The second kappa shape index (κ2) is 4.28. The number of esters is 1. The first kappa shape index (κ1) is 12.9. The number of benzene rings is 1. The van der Waals surface area contributed by atoms with Crippen molar-refractivity contribution >= 4 is 28.5 Å². The summed E-state index contributed by atoms with van der Waals surface area (Å²) in [5, 5.41) is 0.694. The maximum atomic E-state index is 13.3. The summed E-state index contributed by atoms with van der Waals surface area (Å²) in [7, 11) is 0. The zero-order valence-corrected chi connectivity index (χ0v) is 11.1. The molecule has 0 bridgehead atoms. The Balaban J connectivity index is 2.39. The fraction of sp³-hybridized carbons (Fsp3) is 0.308. The van der Waals surface area contributed by atoms with Crippen molar-refractivity contribution in [2.45, 2.75) is 26.4 Å². The number of fused-ring (bicyclic) bond motifs is 1. The van der Waals surface area contributed by atoms with E-state index in [2.05, 4.69) is 4.98 Å². The third-order valence-corrected chi connectivity index (χ3v) is 2.57. The van der Waals surface area contributed by atoms with Crippen LogP contribution in [0, 0.1) is 5.82 Å². The van der Waals surface area contributed by atoms with Gasteiger partial charge in [0.1, 0.15) is 17.1 Å². The summed E-state index contributed by atoms with van der Waals surface area (Å²) >= 11 is 5.68. The van der Waals surface area contributed by atoms with E-state index in [1.165, 1.54) is 12.1 Å². The number of ether oxygens (including phenoxy) is 1. The van der Waals surface area contributed by atoms with Crippen molar-refractivity contribution in [2.24, 2.45) is 0 Å². The fourth-order valence-corrected chi connectivity index (χ4v) is 1.74. The van der Waals surface area contributed by atoms with Gasteiger partial charge in [0, 0.05) is 10.9 Å². The molecular formula is C13H13ClFNO2. The topological polar surface area (TPSA) is 42.1 Å². The van der Waals surface area contributed by atoms with E-state index in [1.54, 1.807) is 26.8 Å². The van der Waals surface area contributed by atoms with Gasteiger partial charge in [0.15, 0.2) is 0 Å². The lowest BCUT2D eigenvalue weighted by Crippen LogP contribution is -2.24. The van der Waals surface area contributed by atoms with E-state index in [0.29, 0.717) is 10.9 Å². The summed E-state index contributed by atoms with van der Waals surface area (Å²) in [5.74, 6) is -1.00. The molecular weight excluding hydrogens is 257 g/mol. The molecule has 0 amide bonds. The standard InChI is InChI=1S/C13H13ClFNO2/c1-13(2,3)18-12(17)11-5-7-4-8(14)9(15)6-10(7)16-11/h4-6,16H,1-3H3. The van der Waals surface area contributed by atoms with Gasteiger partial charge in [-0.15, -0.1) is 0 Å². The van der Waals surface area contributed by atoms with Crippen molar-refractivity contribution in [3.63, 3.8) is 0 Å². The molecule has 0 unspecified atom stereocenters. The molecule has 0 aliphatic rings. The molecule has 0 aliphatic heterocycles. The molecule has 0 fully saturated rings. The third kappa shape index (κ3) is 2.64. The van der Waals surface area contributed by atoms with Gasteiger partial charge in [-0.25, -0.2) is 9.18 Å². The Morgan fingerprint density at radius 3 is 2.61 bits per heavy atom. The maximum absolute atomic E-state index is 13.3. The van der Waals surface area contributed by atoms with Crippen molar-refractivity contribution in [1.29, 1.82) is 0 Å². The highest BCUT2D eigenvalue weighted by Crippen LogP contribution is 2.24. The lowest BCUT2D eigenvalue weighted by Gasteiger charge is -2.18. The number of aromatic nitrogens is 1. The van der Waals surface area contributed by atoms with Gasteiger partial charge in [0.25, 0.3) is 0 Å². The zero-order chi connectivity index (χ0) is 13.5. The van der Waals surface area contributed by atoms with Crippen molar-refractivity contribution in [2.75, 3.05) is 0 Å². The molecule has 0 atom stereocenters. The van der Waals surface area contributed by atoms with E-state index in [4.69, 9.17) is 16.3 Å². The van der Waals surface area contributed by atoms with E-state index in [0.717, 1.165) is 0 Å². The third-order valence-electron chi connectivity index (χ3n) is 2.28. The molecule has 0 saturated heterocycles. The summed E-state index contributed by atoms with van der Waals surface area (Å²) in [4.78, 5) is 14.6. The van der Waals surface area contributed by atoms with E-state index >= 15 is 0 Å². The lowest BCUT2D eigenvalue weighted by atomic mass is 10.2. The van der Waals surface area contributed by atoms with Crippen molar-refractivity contribution in [3.8, 4) is 0 Å². The second-order valence-corrected chi connectivity index (χ2v) is 5.45. The Morgan fingerprint density at radius 2 is 2.00 bits per heavy atom. The molecule has 2 rings (SSSR count). The molecule has 0 saturated carbocycles. The molecule has 0 spiro atoms. The summed E-state index contributed by atoms with van der Waals surface area (Å²) in [6.07, 6.45) is 0. The Kier molecular flexibility index (Phi) is 3.07. The SMILES string of the molecule is CC(C)(C)OC(=O)c1cc2cc(Cl)c(F)cc2[nH]1. The van der Waals surface area contributed by atoms with E-state index in [1.807, 2.05) is 0 Å². The number of carbonyl (C=O) groups excluding carboxylic acids is 1. The van der Waals surface area contributed by atoms with Crippen molar-refractivity contribution in [3.05, 3.63) is 34.7 Å². The molecule has 5 heteroatoms. The molecule has 1 aromatic carbocycles. The molecule has 1 heterocycles. The first-order valence-corrected chi connectivity index (χ1v) is 5.85. The van der Waals surface area contributed by atoms with Crippen LogP contribution < -0.4 is 0 Å². The van der Waals surface area contributed by atoms with Crippen LogP contribution in [-0.4, -0.2) is 16.6 Å². The first-order valence-electron chi connectivity index (χ1n) is 5.47. The number of rotatable bonds is 1. The number of aromatic amines is 1. The van der Waals surface area contributed by atoms with E-state index < -0.39 is 17.4 Å². The largest absolute Gasteiger partial charge is 0.455 e. The molecule has 0 aliphatic carbocycles. The lowest BCUT2D eigenvalue weighted by molar-refractivity contribution is 0.00639. The minimum Gasteiger partial charge on any atom is -0.455 e. The van der Waals surface area contributed by atoms with Gasteiger partial charge in [0.2, 0.25) is 0 Å². The summed E-state index contributed by atoms with van der Waals surface area (Å²) in [6.45, 7) is 5.35. The molecule has 2 aromatic rings. The van der Waals surface area contributed by atoms with E-state index in [-0.39, 0.29) is 10.7 Å². The van der Waals surface area contributed by atoms with Crippen LogP contribution in [0.4, 0.5) is 4.39 Å². The van der Waals surface area contributed by atoms with Gasteiger partial charge in [-0.2, -0.15) is 0 Å². The average molecular weight is 270 g/mol. The smallest absolute Gasteiger partial charge is 0.355 e. The second-order valence-electron chi connectivity index (χ2n) is 5.04. The predicted molar refractivity (Wildman–Crippen MR) is 68.4 cm³/mol. The highest BCUT2D eigenvalue weighted by atomic mass is 35.5. The van der Waals surface area contributed by atoms with Crippen LogP contribution in [0.2, 0.25) is 5.02 Å². The van der Waals surface area contributed by atoms with Crippen molar-refractivity contribution in [1.82, 2.24) is 4.98 Å². The number of hydrogen-bond donors (Lipinski definition) is 1. The molecule has 3 nitrogen and oxygen atoms in total. The number of halogens is 2. The number of hydrogen-bond acceptors (Lipinski definition) is 2. The summed E-state index contributed by atoms with van der Waals surface area (Å²) in [6, 6.07) is 4.32. The van der Waals surface area contributed by atoms with Crippen LogP contribution in [0.25, 0.3) is 10.9 Å². The van der Waals surface area contributed by atoms with Gasteiger partial charge in [-0.05, 0) is 39.0 Å². The summed E-state index contributed by atoms with van der Waals surface area (Å²) in [5.41, 5.74) is 0.219. The van der Waals surface area contributed by atoms with Gasteiger partial charge in [-0.1, -0.05) is 11.6 Å². The zero-order valence-electron chi connectivity index (χ0n) is 10.3. The van der Waals surface area contributed by atoms with Gasteiger partial charge < -0.3 is 9.72 Å². The Labute approximate surface area is 109 Å². The molecule has 96 valence electrons. The highest BCUT2D eigenvalue weighted by Gasteiger charge is 2.19. The number of H-pyrrole nitrogens is 1. The van der Waals surface area contributed by atoms with Crippen LogP contribution in [0.15, 0.2) is 18.2 Å². The molecule has 0 radical (unpaired) electrons. The number of carbonyl (C=O) groups is 1. The fourth-order valence-electron chi connectivity index (χ4n) is 1.57. The minimum atomic E-state index is -0.572. The first-order chi connectivity index (χ1) is 8.26. The average Bonchev–Trinajstić information content (AvgIpc) is 2.59. The Hall–Kier alpha value is -1.55. The normalized spacial score (nSPS) is 11.8.